The molecule has 220 valence electrons. The Hall–Kier alpha value is -4.64. The van der Waals surface area contributed by atoms with E-state index in [9.17, 15) is 19.6 Å². The highest BCUT2D eigenvalue weighted by atomic mass is 16.6. The van der Waals surface area contributed by atoms with Crippen LogP contribution in [0.5, 0.6) is 0 Å². The van der Waals surface area contributed by atoms with E-state index in [-0.39, 0.29) is 13.0 Å². The third-order valence-corrected chi connectivity index (χ3v) is 6.90. The lowest BCUT2D eigenvalue weighted by molar-refractivity contribution is -0.140. The molecule has 8 nitrogen and oxygen atoms in total. The molecule has 2 unspecified atom stereocenters. The molecule has 0 fully saturated rings. The maximum Gasteiger partial charge on any atom is 0.408 e. The van der Waals surface area contributed by atoms with Crippen LogP contribution in [0.3, 0.4) is 0 Å². The molecule has 8 heteroatoms. The quantitative estimate of drug-likeness (QED) is 0.304. The number of alkyl carbamates (subject to hydrolysis) is 1. The Balaban J connectivity index is 2.12. The summed E-state index contributed by atoms with van der Waals surface area (Å²) in [6.45, 7) is 12.4. The van der Waals surface area contributed by atoms with Gasteiger partial charge in [-0.15, -0.1) is 0 Å². The fraction of sp³-hybridized carbons (Fsp3) is 0.353. The first kappa shape index (κ1) is 31.9. The van der Waals surface area contributed by atoms with E-state index in [1.165, 1.54) is 4.90 Å². The van der Waals surface area contributed by atoms with Gasteiger partial charge in [0.1, 0.15) is 24.2 Å². The van der Waals surface area contributed by atoms with Crippen LogP contribution in [-0.2, 0) is 20.7 Å². The molecule has 0 aromatic heterocycles. The number of aryl methyl sites for hydroxylation is 4. The van der Waals surface area contributed by atoms with E-state index >= 15 is 0 Å². The number of rotatable bonds is 9. The zero-order valence-electron chi connectivity index (χ0n) is 25.4. The summed E-state index contributed by atoms with van der Waals surface area (Å²) in [4.78, 5) is 42.7. The molecule has 3 aromatic carbocycles. The van der Waals surface area contributed by atoms with Gasteiger partial charge in [-0.05, 0) is 81.8 Å². The molecule has 2 N–H and O–H groups in total. The van der Waals surface area contributed by atoms with Crippen LogP contribution in [0.25, 0.3) is 0 Å². The standard InChI is InChI=1S/C34H40N4O4/c1-22-13-11-14-23(2)28(22)30(31(39)37-29-24(3)15-12-16-25(29)4)38(20-19-35)32(40)27(21-26-17-9-8-10-18-26)36-33(41)42-34(5,6)7/h8-18,27,30H,20-21H2,1-7H3,(H,36,41)(H,37,39). The minimum atomic E-state index is -1.14. The van der Waals surface area contributed by atoms with Crippen LogP contribution in [0.1, 0.15) is 60.2 Å². The smallest absolute Gasteiger partial charge is 0.408 e. The summed E-state index contributed by atoms with van der Waals surface area (Å²) in [6, 6.07) is 20.4. The van der Waals surface area contributed by atoms with Crippen molar-refractivity contribution in [2.24, 2.45) is 0 Å². The summed E-state index contributed by atoms with van der Waals surface area (Å²) in [5, 5.41) is 15.6. The molecule has 3 rings (SSSR count). The van der Waals surface area contributed by atoms with Crippen molar-refractivity contribution in [1.29, 1.82) is 5.26 Å². The Bertz CT molecular complexity index is 1430. The van der Waals surface area contributed by atoms with Crippen molar-refractivity contribution in [1.82, 2.24) is 10.2 Å². The minimum absolute atomic E-state index is 0.138. The van der Waals surface area contributed by atoms with Crippen molar-refractivity contribution in [2.45, 2.75) is 72.6 Å². The molecule has 0 aliphatic rings. The van der Waals surface area contributed by atoms with Crippen LogP contribution < -0.4 is 10.6 Å². The van der Waals surface area contributed by atoms with Gasteiger partial charge in [0.25, 0.3) is 5.91 Å². The number of nitrogens with one attached hydrogen (secondary N) is 2. The second-order valence-corrected chi connectivity index (χ2v) is 11.5. The van der Waals surface area contributed by atoms with E-state index in [1.54, 1.807) is 20.8 Å². The Morgan fingerprint density at radius 3 is 1.93 bits per heavy atom. The summed E-state index contributed by atoms with van der Waals surface area (Å²) in [5.41, 5.74) is 4.62. The number of amides is 3. The van der Waals surface area contributed by atoms with Gasteiger partial charge >= 0.3 is 6.09 Å². The minimum Gasteiger partial charge on any atom is -0.444 e. The Kier molecular flexibility index (Phi) is 10.5. The molecule has 0 saturated heterocycles. The zero-order valence-corrected chi connectivity index (χ0v) is 25.4. The number of hydrogen-bond donors (Lipinski definition) is 2. The van der Waals surface area contributed by atoms with Gasteiger partial charge in [-0.25, -0.2) is 4.79 Å². The summed E-state index contributed by atoms with van der Waals surface area (Å²) in [5.74, 6) is -1.03. The third-order valence-electron chi connectivity index (χ3n) is 6.90. The third kappa shape index (κ3) is 8.20. The van der Waals surface area contributed by atoms with Crippen molar-refractivity contribution in [2.75, 3.05) is 11.9 Å². The van der Waals surface area contributed by atoms with E-state index < -0.39 is 35.6 Å². The van der Waals surface area contributed by atoms with Crippen LogP contribution in [0, 0.1) is 39.0 Å². The number of anilines is 1. The average molecular weight is 569 g/mol. The van der Waals surface area contributed by atoms with Crippen molar-refractivity contribution >= 4 is 23.6 Å². The predicted octanol–water partition coefficient (Wildman–Crippen LogP) is 6.09. The van der Waals surface area contributed by atoms with E-state index in [1.807, 2.05) is 94.4 Å². The first-order valence-corrected chi connectivity index (χ1v) is 14.0. The molecule has 0 radical (unpaired) electrons. The monoisotopic (exact) mass is 568 g/mol. The number of nitriles is 1. The lowest BCUT2D eigenvalue weighted by Gasteiger charge is -2.34. The Labute approximate surface area is 248 Å². The highest BCUT2D eigenvalue weighted by molar-refractivity contribution is 6.00. The van der Waals surface area contributed by atoms with Gasteiger partial charge in [-0.2, -0.15) is 5.26 Å². The van der Waals surface area contributed by atoms with Crippen molar-refractivity contribution < 1.29 is 19.1 Å². The maximum atomic E-state index is 14.4. The van der Waals surface area contributed by atoms with Gasteiger partial charge < -0.3 is 20.3 Å². The molecular weight excluding hydrogens is 528 g/mol. The number of carbonyl (C=O) groups excluding carboxylic acids is 3. The van der Waals surface area contributed by atoms with E-state index in [4.69, 9.17) is 4.74 Å². The normalized spacial score (nSPS) is 12.4. The van der Waals surface area contributed by atoms with Gasteiger partial charge in [0, 0.05) is 12.1 Å². The molecule has 0 bridgehead atoms. The van der Waals surface area contributed by atoms with Gasteiger partial charge in [0.15, 0.2) is 0 Å². The molecule has 3 aromatic rings. The van der Waals surface area contributed by atoms with Crippen molar-refractivity contribution in [3.8, 4) is 6.07 Å². The molecular formula is C34H40N4O4. The molecule has 0 spiro atoms. The second-order valence-electron chi connectivity index (χ2n) is 11.5. The molecule has 0 aliphatic heterocycles. The van der Waals surface area contributed by atoms with E-state index in [0.29, 0.717) is 11.3 Å². The molecule has 2 atom stereocenters. The van der Waals surface area contributed by atoms with Gasteiger partial charge in [-0.1, -0.05) is 66.7 Å². The van der Waals surface area contributed by atoms with E-state index in [2.05, 4.69) is 16.7 Å². The Morgan fingerprint density at radius 1 is 0.857 bits per heavy atom. The average Bonchev–Trinajstić information content (AvgIpc) is 2.91. The number of hydrogen-bond acceptors (Lipinski definition) is 5. The summed E-state index contributed by atoms with van der Waals surface area (Å²) in [7, 11) is 0. The van der Waals surface area contributed by atoms with Crippen LogP contribution in [-0.4, -0.2) is 41.0 Å². The number of nitrogens with zero attached hydrogens (tertiary/aromatic N) is 2. The molecule has 0 aliphatic carbocycles. The van der Waals surface area contributed by atoms with Crippen LogP contribution >= 0.6 is 0 Å². The van der Waals surface area contributed by atoms with Crippen LogP contribution in [0.15, 0.2) is 66.7 Å². The molecule has 42 heavy (non-hydrogen) atoms. The molecule has 0 heterocycles. The number of para-hydroxylation sites is 1. The first-order valence-electron chi connectivity index (χ1n) is 14.0. The lowest BCUT2D eigenvalue weighted by Crippen LogP contribution is -2.53. The topological polar surface area (TPSA) is 112 Å². The predicted molar refractivity (Wildman–Crippen MR) is 164 cm³/mol. The summed E-state index contributed by atoms with van der Waals surface area (Å²) in [6.07, 6.45) is -0.629. The van der Waals surface area contributed by atoms with Gasteiger partial charge in [0.05, 0.1) is 6.07 Å². The summed E-state index contributed by atoms with van der Waals surface area (Å²) >= 11 is 0. The highest BCUT2D eigenvalue weighted by Crippen LogP contribution is 2.31. The second kappa shape index (κ2) is 13.8. The summed E-state index contributed by atoms with van der Waals surface area (Å²) < 4.78 is 5.47. The molecule has 0 saturated carbocycles. The maximum absolute atomic E-state index is 14.4. The largest absolute Gasteiger partial charge is 0.444 e. The lowest BCUT2D eigenvalue weighted by atomic mass is 9.93. The SMILES string of the molecule is Cc1cccc(C)c1NC(=O)C(c1c(C)cccc1C)N(CC#N)C(=O)C(Cc1ccccc1)NC(=O)OC(C)(C)C. The zero-order chi connectivity index (χ0) is 31.0. The van der Waals surface area contributed by atoms with E-state index in [0.717, 1.165) is 27.8 Å². The number of carbonyl (C=O) groups is 3. The van der Waals surface area contributed by atoms with Crippen molar-refractivity contribution in [3.63, 3.8) is 0 Å². The Morgan fingerprint density at radius 2 is 1.40 bits per heavy atom. The van der Waals surface area contributed by atoms with Crippen LogP contribution in [0.2, 0.25) is 0 Å². The molecule has 3 amide bonds. The highest BCUT2D eigenvalue weighted by Gasteiger charge is 2.38. The van der Waals surface area contributed by atoms with Crippen LogP contribution in [0.4, 0.5) is 10.5 Å². The van der Waals surface area contributed by atoms with Gasteiger partial charge in [0.2, 0.25) is 5.91 Å². The number of ether oxygens (including phenoxy) is 1. The van der Waals surface area contributed by atoms with Crippen molar-refractivity contribution in [3.05, 3.63) is 100 Å². The van der Waals surface area contributed by atoms with Gasteiger partial charge in [-0.3, -0.25) is 9.59 Å². The number of benzene rings is 3. The fourth-order valence-electron chi connectivity index (χ4n) is 4.96. The fourth-order valence-corrected chi connectivity index (χ4v) is 4.96. The first-order chi connectivity index (χ1) is 19.8.